The van der Waals surface area contributed by atoms with E-state index in [4.69, 9.17) is 5.11 Å². The quantitative estimate of drug-likeness (QED) is 0.526. The highest BCUT2D eigenvalue weighted by Gasteiger charge is 2.21. The van der Waals surface area contributed by atoms with Crippen molar-refractivity contribution in [3.63, 3.8) is 0 Å². The first-order valence-electron chi connectivity index (χ1n) is 6.20. The maximum absolute atomic E-state index is 11.6. The number of nitrogens with zero attached hydrogens (tertiary/aromatic N) is 1. The second-order valence-corrected chi connectivity index (χ2v) is 4.17. The number of hydrogen-bond donors (Lipinski definition) is 2. The van der Waals surface area contributed by atoms with Crippen molar-refractivity contribution >= 4 is 11.9 Å². The van der Waals surface area contributed by atoms with Gasteiger partial charge in [-0.3, -0.25) is 4.79 Å². The molecule has 1 atom stereocenters. The van der Waals surface area contributed by atoms with Crippen LogP contribution in [0.5, 0.6) is 0 Å². The second-order valence-electron chi connectivity index (χ2n) is 4.17. The van der Waals surface area contributed by atoms with E-state index in [0.717, 1.165) is 25.7 Å². The number of nitrogens with one attached hydrogen (secondary N) is 1. The molecule has 0 aliphatic heterocycles. The summed E-state index contributed by atoms with van der Waals surface area (Å²) in [4.78, 5) is 22.7. The molecular formula is C13H18N2O4. The first kappa shape index (κ1) is 14.9. The number of aromatic nitrogens is 1. The number of carbonyl (C=O) groups excluding carboxylic acids is 1. The van der Waals surface area contributed by atoms with E-state index in [9.17, 15) is 9.59 Å². The van der Waals surface area contributed by atoms with E-state index in [1.165, 1.54) is 12.3 Å². The van der Waals surface area contributed by atoms with Crippen molar-refractivity contribution in [1.29, 1.82) is 0 Å². The lowest BCUT2D eigenvalue weighted by Gasteiger charge is -2.13. The lowest BCUT2D eigenvalue weighted by atomic mass is 10.1. The summed E-state index contributed by atoms with van der Waals surface area (Å²) in [7, 11) is 0. The molecule has 1 unspecified atom stereocenters. The molecule has 1 amide bonds. The molecule has 0 aliphatic carbocycles. The molecule has 0 aromatic carbocycles. The summed E-state index contributed by atoms with van der Waals surface area (Å²) >= 11 is 0. The zero-order valence-electron chi connectivity index (χ0n) is 10.7. The number of hydrogen-bond acceptors (Lipinski definition) is 4. The molecule has 6 nitrogen and oxygen atoms in total. The summed E-state index contributed by atoms with van der Waals surface area (Å²) in [6.07, 6.45) is 7.11. The van der Waals surface area contributed by atoms with E-state index >= 15 is 0 Å². The number of aliphatic carboxylic acids is 1. The average molecular weight is 266 g/mol. The van der Waals surface area contributed by atoms with Crippen LogP contribution in [0.1, 0.15) is 42.7 Å². The monoisotopic (exact) mass is 266 g/mol. The second kappa shape index (κ2) is 8.07. The molecule has 0 aliphatic rings. The molecule has 1 aromatic rings. The molecule has 0 saturated carbocycles. The van der Waals surface area contributed by atoms with Crippen molar-refractivity contribution in [2.45, 2.75) is 38.1 Å². The highest BCUT2D eigenvalue weighted by atomic mass is 16.5. The van der Waals surface area contributed by atoms with Gasteiger partial charge in [0.1, 0.15) is 6.04 Å². The number of carbonyl (C=O) groups is 2. The number of carboxylic acid groups (broad SMARTS) is 1. The summed E-state index contributed by atoms with van der Waals surface area (Å²) in [5, 5.41) is 14.9. The Morgan fingerprint density at radius 2 is 2.26 bits per heavy atom. The Bertz CT molecular complexity index is 414. The van der Waals surface area contributed by atoms with Gasteiger partial charge in [-0.15, -0.1) is 6.58 Å². The van der Waals surface area contributed by atoms with Crippen molar-refractivity contribution in [3.8, 4) is 0 Å². The largest absolute Gasteiger partial charge is 0.480 e. The normalized spacial score (nSPS) is 11.8. The lowest BCUT2D eigenvalue weighted by molar-refractivity contribution is -0.139. The van der Waals surface area contributed by atoms with Gasteiger partial charge in [0, 0.05) is 6.07 Å². The van der Waals surface area contributed by atoms with Crippen molar-refractivity contribution < 1.29 is 19.2 Å². The van der Waals surface area contributed by atoms with Crippen molar-refractivity contribution in [3.05, 3.63) is 30.7 Å². The number of unbranched alkanes of at least 4 members (excludes halogenated alkanes) is 3. The number of rotatable bonds is 9. The van der Waals surface area contributed by atoms with E-state index in [-0.39, 0.29) is 5.76 Å². The Morgan fingerprint density at radius 3 is 2.84 bits per heavy atom. The van der Waals surface area contributed by atoms with Crippen LogP contribution in [0.25, 0.3) is 0 Å². The molecule has 0 bridgehead atoms. The van der Waals surface area contributed by atoms with E-state index in [1.54, 1.807) is 0 Å². The lowest BCUT2D eigenvalue weighted by Crippen LogP contribution is -2.40. The van der Waals surface area contributed by atoms with Crippen LogP contribution < -0.4 is 5.32 Å². The third-order valence-electron chi connectivity index (χ3n) is 2.67. The van der Waals surface area contributed by atoms with Crippen molar-refractivity contribution in [2.75, 3.05) is 0 Å². The highest BCUT2D eigenvalue weighted by molar-refractivity contribution is 5.94. The Morgan fingerprint density at radius 1 is 1.47 bits per heavy atom. The van der Waals surface area contributed by atoms with Gasteiger partial charge in [-0.1, -0.05) is 24.1 Å². The number of amides is 1. The molecular weight excluding hydrogens is 248 g/mol. The predicted octanol–water partition coefficient (Wildman–Crippen LogP) is 1.99. The third kappa shape index (κ3) is 5.37. The van der Waals surface area contributed by atoms with Crippen molar-refractivity contribution in [1.82, 2.24) is 10.5 Å². The van der Waals surface area contributed by atoms with Crippen LogP contribution in [0.15, 0.2) is 29.4 Å². The molecule has 0 spiro atoms. The summed E-state index contributed by atoms with van der Waals surface area (Å²) in [5.41, 5.74) is 0. The van der Waals surface area contributed by atoms with Crippen LogP contribution in [-0.2, 0) is 4.79 Å². The van der Waals surface area contributed by atoms with Crippen LogP contribution in [0.2, 0.25) is 0 Å². The van der Waals surface area contributed by atoms with Gasteiger partial charge in [-0.2, -0.15) is 0 Å². The Kier molecular flexibility index (Phi) is 6.35. The van der Waals surface area contributed by atoms with Crippen LogP contribution in [0, 0.1) is 0 Å². The third-order valence-corrected chi connectivity index (χ3v) is 2.67. The summed E-state index contributed by atoms with van der Waals surface area (Å²) in [6.45, 7) is 3.62. The van der Waals surface area contributed by atoms with E-state index in [1.807, 2.05) is 6.08 Å². The van der Waals surface area contributed by atoms with Crippen LogP contribution >= 0.6 is 0 Å². The molecule has 1 heterocycles. The zero-order chi connectivity index (χ0) is 14.1. The molecule has 1 rings (SSSR count). The average Bonchev–Trinajstić information content (AvgIpc) is 2.90. The number of allylic oxidation sites excluding steroid dienone is 1. The minimum absolute atomic E-state index is 0.0120. The van der Waals surface area contributed by atoms with Gasteiger partial charge in [0.2, 0.25) is 5.76 Å². The van der Waals surface area contributed by atoms with Crippen LogP contribution in [-0.4, -0.2) is 28.2 Å². The Balaban J connectivity index is 2.38. The van der Waals surface area contributed by atoms with Crippen molar-refractivity contribution in [2.24, 2.45) is 0 Å². The van der Waals surface area contributed by atoms with Crippen LogP contribution in [0.4, 0.5) is 0 Å². The Hall–Kier alpha value is -2.11. The van der Waals surface area contributed by atoms with Gasteiger partial charge in [-0.25, -0.2) is 4.79 Å². The van der Waals surface area contributed by atoms with Gasteiger partial charge >= 0.3 is 5.97 Å². The first-order chi connectivity index (χ1) is 9.15. The fourth-order valence-corrected chi connectivity index (χ4v) is 1.63. The SMILES string of the molecule is C=CCCCCCC(NC(=O)c1ccno1)C(=O)O. The molecule has 19 heavy (non-hydrogen) atoms. The highest BCUT2D eigenvalue weighted by Crippen LogP contribution is 2.07. The van der Waals surface area contributed by atoms with Crippen LogP contribution in [0.3, 0.4) is 0 Å². The van der Waals surface area contributed by atoms with E-state index in [0.29, 0.717) is 6.42 Å². The molecule has 0 fully saturated rings. The Labute approximate surface area is 111 Å². The standard InChI is InChI=1S/C13H18N2O4/c1-2-3-4-5-6-7-10(13(17)18)15-12(16)11-8-9-14-19-11/h2,8-10H,1,3-7H2,(H,15,16)(H,17,18). The van der Waals surface area contributed by atoms with Gasteiger partial charge in [-0.05, 0) is 19.3 Å². The van der Waals surface area contributed by atoms with E-state index in [2.05, 4.69) is 21.6 Å². The fraction of sp³-hybridized carbons (Fsp3) is 0.462. The molecule has 2 N–H and O–H groups in total. The van der Waals surface area contributed by atoms with Gasteiger partial charge in [0.15, 0.2) is 0 Å². The minimum atomic E-state index is -1.04. The minimum Gasteiger partial charge on any atom is -0.480 e. The molecule has 6 heteroatoms. The predicted molar refractivity (Wildman–Crippen MR) is 68.7 cm³/mol. The molecule has 1 aromatic heterocycles. The molecule has 0 saturated heterocycles. The molecule has 0 radical (unpaired) electrons. The summed E-state index contributed by atoms with van der Waals surface area (Å²) in [6, 6.07) is 0.486. The van der Waals surface area contributed by atoms with E-state index < -0.39 is 17.9 Å². The topological polar surface area (TPSA) is 92.4 Å². The summed E-state index contributed by atoms with van der Waals surface area (Å²) < 4.78 is 4.67. The smallest absolute Gasteiger partial charge is 0.326 e. The first-order valence-corrected chi connectivity index (χ1v) is 6.20. The maximum Gasteiger partial charge on any atom is 0.326 e. The number of carboxylic acids is 1. The van der Waals surface area contributed by atoms with Gasteiger partial charge in [0.05, 0.1) is 6.20 Å². The van der Waals surface area contributed by atoms with Gasteiger partial charge < -0.3 is 14.9 Å². The molecule has 104 valence electrons. The zero-order valence-corrected chi connectivity index (χ0v) is 10.7. The van der Waals surface area contributed by atoms with Gasteiger partial charge in [0.25, 0.3) is 5.91 Å². The fourth-order valence-electron chi connectivity index (χ4n) is 1.63. The summed E-state index contributed by atoms with van der Waals surface area (Å²) in [5.74, 6) is -1.59. The maximum atomic E-state index is 11.6.